The molecule has 3 aromatic carbocycles. The molecule has 3 amide bonds. The number of nitrogens with zero attached hydrogens (tertiary/aromatic N) is 3. The van der Waals surface area contributed by atoms with Gasteiger partial charge in [0.25, 0.3) is 11.8 Å². The number of amides is 3. The summed E-state index contributed by atoms with van der Waals surface area (Å²) in [6.45, 7) is 11.5. The zero-order chi connectivity index (χ0) is 34.2. The molecule has 0 fully saturated rings. The van der Waals surface area contributed by atoms with Crippen molar-refractivity contribution in [2.24, 2.45) is 4.99 Å². The summed E-state index contributed by atoms with van der Waals surface area (Å²) in [6.07, 6.45) is 8.39. The SMILES string of the molecule is C=C/C=C\C(=C/C)N1C(=O)/C(=C/c2cc(C)n(-c3cccc(C)c3)c2C)C(=O)N=C1SCC(=O)NC(c1ccccc1)c1ccccc1. The number of rotatable bonds is 10. The first kappa shape index (κ1) is 33.9. The van der Waals surface area contributed by atoms with E-state index in [4.69, 9.17) is 0 Å². The summed E-state index contributed by atoms with van der Waals surface area (Å²) in [6, 6.07) is 29.2. The molecule has 7 nitrogen and oxygen atoms in total. The predicted molar refractivity (Wildman–Crippen MR) is 196 cm³/mol. The molecule has 1 N–H and O–H groups in total. The first-order valence-electron chi connectivity index (χ1n) is 15.6. The van der Waals surface area contributed by atoms with Crippen LogP contribution in [0.2, 0.25) is 0 Å². The molecule has 5 rings (SSSR count). The summed E-state index contributed by atoms with van der Waals surface area (Å²) in [5.74, 6) is -1.51. The lowest BCUT2D eigenvalue weighted by atomic mass is 9.99. The quantitative estimate of drug-likeness (QED) is 0.108. The van der Waals surface area contributed by atoms with Crippen molar-refractivity contribution >= 4 is 40.7 Å². The van der Waals surface area contributed by atoms with Crippen LogP contribution in [0, 0.1) is 20.8 Å². The molecule has 0 bridgehead atoms. The molecule has 0 saturated carbocycles. The van der Waals surface area contributed by atoms with Crippen molar-refractivity contribution in [3.05, 3.63) is 167 Å². The third-order valence-electron chi connectivity index (χ3n) is 7.94. The van der Waals surface area contributed by atoms with Crippen molar-refractivity contribution in [1.29, 1.82) is 0 Å². The molecule has 0 atom stereocenters. The minimum Gasteiger partial charge on any atom is -0.344 e. The number of amidine groups is 1. The smallest absolute Gasteiger partial charge is 0.285 e. The molecule has 242 valence electrons. The standard InChI is InChI=1S/C40H38N4O3S/c1-6-8-21-33(7-2)44-39(47)35(25-32-24-28(4)43(29(32)5)34-22-15-16-27(3)23-34)38(46)42-40(44)48-26-36(45)41-37(30-17-11-9-12-18-30)31-19-13-10-14-20-31/h6-25,37H,1,26H2,2-5H3,(H,41,45)/b21-8-,33-7+,35-25+. The van der Waals surface area contributed by atoms with Crippen molar-refractivity contribution < 1.29 is 14.4 Å². The predicted octanol–water partition coefficient (Wildman–Crippen LogP) is 7.80. The van der Waals surface area contributed by atoms with E-state index in [1.165, 1.54) is 4.90 Å². The Kier molecular flexibility index (Phi) is 10.9. The third kappa shape index (κ3) is 7.56. The molecular weight excluding hydrogens is 617 g/mol. The van der Waals surface area contributed by atoms with Crippen LogP contribution >= 0.6 is 11.8 Å². The van der Waals surface area contributed by atoms with Crippen LogP contribution in [0.5, 0.6) is 0 Å². The van der Waals surface area contributed by atoms with E-state index in [-0.39, 0.29) is 28.4 Å². The second-order valence-corrected chi connectivity index (χ2v) is 12.3. The van der Waals surface area contributed by atoms with Crippen molar-refractivity contribution in [1.82, 2.24) is 14.8 Å². The average molecular weight is 655 g/mol. The lowest BCUT2D eigenvalue weighted by Crippen LogP contribution is -2.42. The summed E-state index contributed by atoms with van der Waals surface area (Å²) in [4.78, 5) is 46.8. The van der Waals surface area contributed by atoms with E-state index in [0.29, 0.717) is 5.70 Å². The van der Waals surface area contributed by atoms with E-state index in [0.717, 1.165) is 51.1 Å². The molecule has 48 heavy (non-hydrogen) atoms. The fourth-order valence-corrected chi connectivity index (χ4v) is 6.46. The number of hydrogen-bond donors (Lipinski definition) is 1. The molecule has 0 unspecified atom stereocenters. The highest BCUT2D eigenvalue weighted by Gasteiger charge is 2.35. The number of benzene rings is 3. The summed E-state index contributed by atoms with van der Waals surface area (Å²) in [5, 5.41) is 3.24. The monoisotopic (exact) mass is 654 g/mol. The van der Waals surface area contributed by atoms with Crippen LogP contribution in [-0.4, -0.2) is 38.1 Å². The first-order valence-corrected chi connectivity index (χ1v) is 16.6. The van der Waals surface area contributed by atoms with Gasteiger partial charge in [0.2, 0.25) is 5.91 Å². The topological polar surface area (TPSA) is 83.8 Å². The van der Waals surface area contributed by atoms with Crippen LogP contribution in [0.15, 0.2) is 138 Å². The van der Waals surface area contributed by atoms with Crippen LogP contribution in [-0.2, 0) is 14.4 Å². The van der Waals surface area contributed by atoms with Crippen LogP contribution in [0.25, 0.3) is 11.8 Å². The third-order valence-corrected chi connectivity index (χ3v) is 8.88. The highest BCUT2D eigenvalue weighted by atomic mass is 32.2. The number of nitrogens with one attached hydrogen (secondary N) is 1. The Hall–Kier alpha value is -5.47. The minimum absolute atomic E-state index is 0.0622. The molecule has 2 heterocycles. The van der Waals surface area contributed by atoms with E-state index in [1.807, 2.05) is 106 Å². The lowest BCUT2D eigenvalue weighted by molar-refractivity contribution is -0.126. The Balaban J connectivity index is 1.45. The fourth-order valence-electron chi connectivity index (χ4n) is 5.65. The van der Waals surface area contributed by atoms with E-state index >= 15 is 0 Å². The lowest BCUT2D eigenvalue weighted by Gasteiger charge is -2.28. The Morgan fingerprint density at radius 1 is 0.938 bits per heavy atom. The van der Waals surface area contributed by atoms with E-state index in [2.05, 4.69) is 27.5 Å². The summed E-state index contributed by atoms with van der Waals surface area (Å²) < 4.78 is 2.10. The zero-order valence-corrected chi connectivity index (χ0v) is 28.3. The van der Waals surface area contributed by atoms with Gasteiger partial charge < -0.3 is 9.88 Å². The summed E-state index contributed by atoms with van der Waals surface area (Å²) in [7, 11) is 0. The molecule has 1 aliphatic heterocycles. The number of aromatic nitrogens is 1. The second kappa shape index (κ2) is 15.4. The maximum absolute atomic E-state index is 14.2. The number of hydrogen-bond acceptors (Lipinski definition) is 4. The molecule has 0 aliphatic carbocycles. The van der Waals surface area contributed by atoms with Crippen LogP contribution in [0.3, 0.4) is 0 Å². The minimum atomic E-state index is -0.658. The van der Waals surface area contributed by atoms with E-state index < -0.39 is 11.8 Å². The van der Waals surface area contributed by atoms with Gasteiger partial charge in [0.15, 0.2) is 5.17 Å². The van der Waals surface area contributed by atoms with Crippen molar-refractivity contribution in [3.63, 3.8) is 0 Å². The van der Waals surface area contributed by atoms with Crippen molar-refractivity contribution in [2.75, 3.05) is 5.75 Å². The number of carbonyl (C=O) groups is 3. The highest BCUT2D eigenvalue weighted by Crippen LogP contribution is 2.29. The normalized spacial score (nSPS) is 14.6. The van der Waals surface area contributed by atoms with Gasteiger partial charge in [-0.25, -0.2) is 0 Å². The van der Waals surface area contributed by atoms with Crippen molar-refractivity contribution in [2.45, 2.75) is 33.7 Å². The van der Waals surface area contributed by atoms with Crippen LogP contribution < -0.4 is 5.32 Å². The van der Waals surface area contributed by atoms with Gasteiger partial charge in [0, 0.05) is 22.8 Å². The second-order valence-electron chi connectivity index (χ2n) is 11.3. The van der Waals surface area contributed by atoms with Gasteiger partial charge in [0.1, 0.15) is 5.57 Å². The number of aryl methyl sites for hydroxylation is 2. The van der Waals surface area contributed by atoms with E-state index in [9.17, 15) is 14.4 Å². The molecule has 8 heteroatoms. The fraction of sp³-hybridized carbons (Fsp3) is 0.150. The molecule has 0 radical (unpaired) electrons. The van der Waals surface area contributed by atoms with Crippen LogP contribution in [0.1, 0.15) is 46.6 Å². The van der Waals surface area contributed by atoms with Gasteiger partial charge in [-0.15, -0.1) is 0 Å². The molecule has 1 aliphatic rings. The van der Waals surface area contributed by atoms with Gasteiger partial charge in [-0.1, -0.05) is 109 Å². The number of allylic oxidation sites excluding steroid dienone is 4. The maximum Gasteiger partial charge on any atom is 0.285 e. The maximum atomic E-state index is 14.2. The molecular formula is C40H38N4O3S. The Bertz CT molecular complexity index is 1930. The van der Waals surface area contributed by atoms with E-state index in [1.54, 1.807) is 37.3 Å². The summed E-state index contributed by atoms with van der Waals surface area (Å²) in [5.41, 5.74) is 7.04. The molecule has 0 spiro atoms. The van der Waals surface area contributed by atoms with Crippen molar-refractivity contribution in [3.8, 4) is 5.69 Å². The number of aliphatic imine (C=N–C) groups is 1. The Labute approximate surface area is 286 Å². The highest BCUT2D eigenvalue weighted by molar-refractivity contribution is 8.14. The van der Waals surface area contributed by atoms with Crippen LogP contribution in [0.4, 0.5) is 0 Å². The number of thioether (sulfide) groups is 1. The molecule has 4 aromatic rings. The number of carbonyl (C=O) groups excluding carboxylic acids is 3. The van der Waals surface area contributed by atoms with Gasteiger partial charge in [-0.05, 0) is 80.3 Å². The Morgan fingerprint density at radius 2 is 1.60 bits per heavy atom. The first-order chi connectivity index (χ1) is 23.2. The Morgan fingerprint density at radius 3 is 2.21 bits per heavy atom. The average Bonchev–Trinajstić information content (AvgIpc) is 3.38. The van der Waals surface area contributed by atoms with Gasteiger partial charge >= 0.3 is 0 Å². The van der Waals surface area contributed by atoms with Gasteiger partial charge in [-0.2, -0.15) is 4.99 Å². The summed E-state index contributed by atoms with van der Waals surface area (Å²) >= 11 is 1.04. The largest absolute Gasteiger partial charge is 0.344 e. The molecule has 0 saturated heterocycles. The zero-order valence-electron chi connectivity index (χ0n) is 27.5. The molecule has 1 aromatic heterocycles. The van der Waals surface area contributed by atoms with Gasteiger partial charge in [0.05, 0.1) is 11.8 Å². The van der Waals surface area contributed by atoms with Gasteiger partial charge in [-0.3, -0.25) is 19.3 Å².